The molecule has 1 atom stereocenters. The van der Waals surface area contributed by atoms with Crippen molar-refractivity contribution in [2.45, 2.75) is 94.5 Å². The second-order valence-corrected chi connectivity index (χ2v) is 10.4. The molecule has 2 rings (SSSR count). The van der Waals surface area contributed by atoms with Gasteiger partial charge in [0, 0.05) is 0 Å². The van der Waals surface area contributed by atoms with Gasteiger partial charge >= 0.3 is 0 Å². The van der Waals surface area contributed by atoms with Crippen LogP contribution in [0.5, 0.6) is 5.75 Å². The molecule has 0 fully saturated rings. The van der Waals surface area contributed by atoms with Crippen LogP contribution in [0.2, 0.25) is 0 Å². The molecule has 2 aromatic carbocycles. The van der Waals surface area contributed by atoms with E-state index < -0.39 is 9.84 Å². The highest BCUT2D eigenvalue weighted by molar-refractivity contribution is 7.91. The van der Waals surface area contributed by atoms with E-state index in [4.69, 9.17) is 4.74 Å². The van der Waals surface area contributed by atoms with Crippen molar-refractivity contribution in [3.8, 4) is 5.75 Å². The summed E-state index contributed by atoms with van der Waals surface area (Å²) in [6.45, 7) is 12.9. The molecule has 0 aliphatic carbocycles. The second-order valence-electron chi connectivity index (χ2n) is 8.42. The molecule has 0 aliphatic heterocycles. The molecule has 0 spiro atoms. The summed E-state index contributed by atoms with van der Waals surface area (Å²) in [6, 6.07) is 14.2. The van der Waals surface area contributed by atoms with Crippen molar-refractivity contribution in [3.63, 3.8) is 0 Å². The van der Waals surface area contributed by atoms with Crippen LogP contribution in [0.1, 0.15) is 79.2 Å². The Hall–Kier alpha value is -1.81. The summed E-state index contributed by atoms with van der Waals surface area (Å²) >= 11 is 0. The lowest BCUT2D eigenvalue weighted by molar-refractivity contribution is 0.0740. The van der Waals surface area contributed by atoms with E-state index in [1.807, 2.05) is 12.1 Å². The Morgan fingerprint density at radius 1 is 0.759 bits per heavy atom. The summed E-state index contributed by atoms with van der Waals surface area (Å²) in [7, 11) is -3.55. The minimum atomic E-state index is -3.55. The first-order chi connectivity index (χ1) is 13.6. The highest BCUT2D eigenvalue weighted by Crippen LogP contribution is 2.33. The van der Waals surface area contributed by atoms with Gasteiger partial charge < -0.3 is 4.74 Å². The van der Waals surface area contributed by atoms with Gasteiger partial charge in [-0.2, -0.15) is 0 Å². The summed E-state index contributed by atoms with van der Waals surface area (Å²) in [5, 5.41) is 0. The van der Waals surface area contributed by atoms with Crippen LogP contribution in [0.4, 0.5) is 0 Å². The molecule has 29 heavy (non-hydrogen) atoms. The lowest BCUT2D eigenvalue weighted by Gasteiger charge is -2.29. The van der Waals surface area contributed by atoms with Crippen molar-refractivity contribution in [1.82, 2.24) is 0 Å². The van der Waals surface area contributed by atoms with Crippen LogP contribution in [0.25, 0.3) is 0 Å². The van der Waals surface area contributed by atoms with E-state index in [-0.39, 0.29) is 11.0 Å². The van der Waals surface area contributed by atoms with E-state index >= 15 is 0 Å². The third-order valence-electron chi connectivity index (χ3n) is 6.45. The monoisotopic (exact) mass is 416 g/mol. The summed E-state index contributed by atoms with van der Waals surface area (Å²) in [5.41, 5.74) is 1.03. The fraction of sp³-hybridized carbons (Fsp3) is 0.520. The molecule has 0 saturated carbocycles. The minimum Gasteiger partial charge on any atom is -0.488 e. The van der Waals surface area contributed by atoms with Crippen LogP contribution >= 0.6 is 0 Å². The molecule has 0 bridgehead atoms. The van der Waals surface area contributed by atoms with Gasteiger partial charge in [0.2, 0.25) is 9.84 Å². The van der Waals surface area contributed by atoms with Crippen molar-refractivity contribution in [1.29, 1.82) is 0 Å². The molecule has 0 heterocycles. The molecular weight excluding hydrogens is 380 g/mol. The van der Waals surface area contributed by atoms with Gasteiger partial charge in [-0.25, -0.2) is 8.42 Å². The largest absolute Gasteiger partial charge is 0.488 e. The highest BCUT2D eigenvalue weighted by atomic mass is 32.2. The third-order valence-corrected chi connectivity index (χ3v) is 8.23. The number of ether oxygens (including phenoxy) is 1. The van der Waals surface area contributed by atoms with E-state index in [0.717, 1.165) is 32.1 Å². The first-order valence-corrected chi connectivity index (χ1v) is 12.3. The zero-order chi connectivity index (χ0) is 21.7. The van der Waals surface area contributed by atoms with Gasteiger partial charge in [-0.1, -0.05) is 53.2 Å². The molecule has 0 amide bonds. The molecule has 1 unspecified atom stereocenters. The van der Waals surface area contributed by atoms with Crippen molar-refractivity contribution in [2.24, 2.45) is 0 Å². The molecule has 2 aromatic rings. The molecule has 0 aliphatic rings. The minimum absolute atomic E-state index is 0.0751. The molecule has 0 radical (unpaired) electrons. The first kappa shape index (κ1) is 23.5. The number of hydrogen-bond acceptors (Lipinski definition) is 3. The smallest absolute Gasteiger partial charge is 0.206 e. The average molecular weight is 417 g/mol. The number of hydrogen-bond donors (Lipinski definition) is 0. The number of benzene rings is 2. The van der Waals surface area contributed by atoms with Gasteiger partial charge in [-0.05, 0) is 80.0 Å². The summed E-state index contributed by atoms with van der Waals surface area (Å²) in [5.74, 6) is 0.707. The Bertz CT molecular complexity index is 879. The van der Waals surface area contributed by atoms with E-state index in [1.54, 1.807) is 36.4 Å². The van der Waals surface area contributed by atoms with Crippen LogP contribution in [0, 0.1) is 0 Å². The molecule has 0 saturated heterocycles. The average Bonchev–Trinajstić information content (AvgIpc) is 2.73. The van der Waals surface area contributed by atoms with E-state index in [2.05, 4.69) is 41.5 Å². The van der Waals surface area contributed by atoms with Gasteiger partial charge in [-0.3, -0.25) is 0 Å². The predicted molar refractivity (Wildman–Crippen MR) is 121 cm³/mol. The van der Waals surface area contributed by atoms with Gasteiger partial charge in [-0.15, -0.1) is 0 Å². The quantitative estimate of drug-likeness (QED) is 0.421. The van der Waals surface area contributed by atoms with Crippen LogP contribution in [0.3, 0.4) is 0 Å². The third kappa shape index (κ3) is 5.22. The fourth-order valence-corrected chi connectivity index (χ4v) is 4.89. The standard InChI is InChI=1S/C25H36O3S/c1-7-19-25(6,10-4)28-21-13-17-23(18-14-21)29(26,27)22-15-11-20(12-16-22)24(5,8-2)9-3/h11-18H,7-10,19H2,1-6H3. The molecular formula is C25H36O3S. The van der Waals surface area contributed by atoms with Crippen molar-refractivity contribution < 1.29 is 13.2 Å². The van der Waals surface area contributed by atoms with E-state index in [9.17, 15) is 8.42 Å². The molecule has 0 aromatic heterocycles. The highest BCUT2D eigenvalue weighted by Gasteiger charge is 2.25. The Morgan fingerprint density at radius 3 is 1.66 bits per heavy atom. The summed E-state index contributed by atoms with van der Waals surface area (Å²) in [6.07, 6.45) is 4.95. The zero-order valence-corrected chi connectivity index (χ0v) is 19.6. The van der Waals surface area contributed by atoms with E-state index in [0.29, 0.717) is 15.5 Å². The SMILES string of the molecule is CCCC(C)(CC)Oc1ccc(S(=O)(=O)c2ccc(C(C)(CC)CC)cc2)cc1. The van der Waals surface area contributed by atoms with Crippen LogP contribution in [-0.4, -0.2) is 14.0 Å². The Kier molecular flexibility index (Phi) is 7.56. The fourth-order valence-electron chi connectivity index (χ4n) is 3.63. The maximum atomic E-state index is 13.0. The maximum absolute atomic E-state index is 13.0. The summed E-state index contributed by atoms with van der Waals surface area (Å²) in [4.78, 5) is 0.619. The van der Waals surface area contributed by atoms with Crippen LogP contribution in [-0.2, 0) is 15.3 Å². The Balaban J connectivity index is 2.25. The molecule has 0 N–H and O–H groups in total. The van der Waals surface area contributed by atoms with Gasteiger partial charge in [0.05, 0.1) is 9.79 Å². The van der Waals surface area contributed by atoms with Crippen molar-refractivity contribution in [2.75, 3.05) is 0 Å². The van der Waals surface area contributed by atoms with Crippen LogP contribution in [0.15, 0.2) is 58.3 Å². The predicted octanol–water partition coefficient (Wildman–Crippen LogP) is 6.94. The number of rotatable bonds is 10. The second kappa shape index (κ2) is 9.34. The topological polar surface area (TPSA) is 43.4 Å². The Labute approximate surface area is 177 Å². The Morgan fingerprint density at radius 2 is 1.24 bits per heavy atom. The van der Waals surface area contributed by atoms with Gasteiger partial charge in [0.25, 0.3) is 0 Å². The lowest BCUT2D eigenvalue weighted by atomic mass is 9.78. The molecule has 4 heteroatoms. The maximum Gasteiger partial charge on any atom is 0.206 e. The summed E-state index contributed by atoms with van der Waals surface area (Å²) < 4.78 is 32.2. The van der Waals surface area contributed by atoms with E-state index in [1.165, 1.54) is 5.56 Å². The number of sulfone groups is 1. The molecule has 160 valence electrons. The molecule has 3 nitrogen and oxygen atoms in total. The first-order valence-electron chi connectivity index (χ1n) is 10.8. The normalized spacial score (nSPS) is 14.4. The van der Waals surface area contributed by atoms with Gasteiger partial charge in [0.15, 0.2) is 0 Å². The van der Waals surface area contributed by atoms with Crippen LogP contribution < -0.4 is 4.74 Å². The lowest BCUT2D eigenvalue weighted by Crippen LogP contribution is -2.31. The zero-order valence-electron chi connectivity index (χ0n) is 18.8. The van der Waals surface area contributed by atoms with Crippen molar-refractivity contribution >= 4 is 9.84 Å². The van der Waals surface area contributed by atoms with Gasteiger partial charge in [0.1, 0.15) is 11.4 Å². The van der Waals surface area contributed by atoms with Crippen molar-refractivity contribution in [3.05, 3.63) is 54.1 Å².